The van der Waals surface area contributed by atoms with Crippen LogP contribution in [-0.4, -0.2) is 57.9 Å². The van der Waals surface area contributed by atoms with E-state index >= 15 is 0 Å². The number of Topliss-reactive ketones (excluding diaryl/α,β-unsaturated/α-hetero) is 1. The molecule has 0 radical (unpaired) electrons. The first-order valence-corrected chi connectivity index (χ1v) is 14.0. The number of ether oxygens (including phenoxy) is 3. The number of carboxylic acid groups (broad SMARTS) is 1. The van der Waals surface area contributed by atoms with Crippen LogP contribution in [0, 0.1) is 0 Å². The first-order valence-electron chi connectivity index (χ1n) is 14.0. The molecule has 0 spiro atoms. The van der Waals surface area contributed by atoms with Gasteiger partial charge in [-0.2, -0.15) is 23.1 Å². The van der Waals surface area contributed by atoms with Crippen LogP contribution >= 0.6 is 0 Å². The molecule has 0 saturated carbocycles. The fourth-order valence-electron chi connectivity index (χ4n) is 4.86. The zero-order valence-electron chi connectivity index (χ0n) is 24.4. The van der Waals surface area contributed by atoms with Gasteiger partial charge in [0, 0.05) is 18.2 Å². The molecular formula is C33H31F3N2O7. The summed E-state index contributed by atoms with van der Waals surface area (Å²) in [5, 5.41) is 19.9. The normalized spacial score (nSPS) is 13.1. The Kier molecular flexibility index (Phi) is 10.5. The van der Waals surface area contributed by atoms with Crippen LogP contribution in [0.3, 0.4) is 0 Å². The fraction of sp³-hybridized carbons (Fsp3) is 0.273. The number of aliphatic carboxylic acids is 1. The van der Waals surface area contributed by atoms with Gasteiger partial charge in [0.2, 0.25) is 12.0 Å². The molecule has 236 valence electrons. The molecule has 9 nitrogen and oxygen atoms in total. The number of hydrogen-bond acceptors (Lipinski definition) is 8. The van der Waals surface area contributed by atoms with Gasteiger partial charge in [-0.25, -0.2) is 4.79 Å². The SMILES string of the molecule is CCC(OC(c1ccccc1)(c1ccccc1)C(Oc1nc(OC)cc(C(F)(F)F)n1)C(=O)O)C(=O)c1ccc(CCO)cc1. The zero-order chi connectivity index (χ0) is 32.6. The van der Waals surface area contributed by atoms with E-state index in [9.17, 15) is 33.0 Å². The number of carboxylic acids is 1. The van der Waals surface area contributed by atoms with E-state index in [0.717, 1.165) is 12.7 Å². The Balaban J connectivity index is 1.91. The number of halogens is 3. The van der Waals surface area contributed by atoms with Gasteiger partial charge in [0.25, 0.3) is 0 Å². The largest absolute Gasteiger partial charge is 0.481 e. The predicted molar refractivity (Wildman–Crippen MR) is 156 cm³/mol. The average molecular weight is 625 g/mol. The number of methoxy groups -OCH3 is 1. The van der Waals surface area contributed by atoms with Crippen molar-refractivity contribution in [2.75, 3.05) is 13.7 Å². The highest BCUT2D eigenvalue weighted by Gasteiger charge is 2.52. The van der Waals surface area contributed by atoms with Crippen molar-refractivity contribution in [2.24, 2.45) is 0 Å². The number of rotatable bonds is 14. The summed E-state index contributed by atoms with van der Waals surface area (Å²) in [7, 11) is 1.09. The van der Waals surface area contributed by atoms with Crippen molar-refractivity contribution in [1.29, 1.82) is 0 Å². The van der Waals surface area contributed by atoms with Crippen LogP contribution in [0.2, 0.25) is 0 Å². The average Bonchev–Trinajstić information content (AvgIpc) is 3.05. The molecule has 2 N–H and O–H groups in total. The molecule has 0 saturated heterocycles. The zero-order valence-corrected chi connectivity index (χ0v) is 24.4. The molecule has 0 fully saturated rings. The molecule has 0 aliphatic heterocycles. The number of hydrogen-bond donors (Lipinski definition) is 2. The van der Waals surface area contributed by atoms with Gasteiger partial charge in [-0.3, -0.25) is 4.79 Å². The third-order valence-electron chi connectivity index (χ3n) is 7.03. The number of aliphatic hydroxyl groups is 1. The Bertz CT molecular complexity index is 1540. The second-order valence-corrected chi connectivity index (χ2v) is 9.93. The highest BCUT2D eigenvalue weighted by atomic mass is 19.4. The monoisotopic (exact) mass is 624 g/mol. The number of carbonyl (C=O) groups excluding carboxylic acids is 1. The minimum Gasteiger partial charge on any atom is -0.481 e. The first-order chi connectivity index (χ1) is 21.5. The Labute approximate surface area is 257 Å². The molecule has 0 aliphatic rings. The van der Waals surface area contributed by atoms with Gasteiger partial charge < -0.3 is 24.4 Å². The van der Waals surface area contributed by atoms with Gasteiger partial charge in [0.05, 0.1) is 7.11 Å². The van der Waals surface area contributed by atoms with Gasteiger partial charge in [-0.1, -0.05) is 91.9 Å². The highest BCUT2D eigenvalue weighted by molar-refractivity contribution is 5.99. The summed E-state index contributed by atoms with van der Waals surface area (Å²) in [6.45, 7) is 1.61. The summed E-state index contributed by atoms with van der Waals surface area (Å²) in [6, 6.07) is 22.3. The lowest BCUT2D eigenvalue weighted by Crippen LogP contribution is -2.53. The molecule has 1 aromatic heterocycles. The van der Waals surface area contributed by atoms with Crippen molar-refractivity contribution in [2.45, 2.75) is 43.8 Å². The summed E-state index contributed by atoms with van der Waals surface area (Å²) in [5.74, 6) is -2.60. The number of carbonyl (C=O) groups is 2. The van der Waals surface area contributed by atoms with Crippen molar-refractivity contribution in [3.8, 4) is 11.9 Å². The first kappa shape index (κ1) is 33.1. The minimum absolute atomic E-state index is 0.0668. The quantitative estimate of drug-likeness (QED) is 0.175. The summed E-state index contributed by atoms with van der Waals surface area (Å²) < 4.78 is 58.3. The molecule has 0 amide bonds. The second kappa shape index (κ2) is 14.3. The van der Waals surface area contributed by atoms with E-state index in [1.807, 2.05) is 0 Å². The van der Waals surface area contributed by atoms with Crippen LogP contribution in [0.1, 0.15) is 46.1 Å². The third-order valence-corrected chi connectivity index (χ3v) is 7.03. The Morgan fingerprint density at radius 3 is 1.93 bits per heavy atom. The maximum Gasteiger partial charge on any atom is 0.433 e. The lowest BCUT2D eigenvalue weighted by molar-refractivity contribution is -0.169. The van der Waals surface area contributed by atoms with Crippen LogP contribution in [0.15, 0.2) is 91.0 Å². The summed E-state index contributed by atoms with van der Waals surface area (Å²) in [4.78, 5) is 34.2. The van der Waals surface area contributed by atoms with Crippen LogP contribution in [0.25, 0.3) is 0 Å². The number of aromatic nitrogens is 2. The van der Waals surface area contributed by atoms with Crippen molar-refractivity contribution in [3.63, 3.8) is 0 Å². The molecular weight excluding hydrogens is 593 g/mol. The third kappa shape index (κ3) is 7.47. The van der Waals surface area contributed by atoms with E-state index in [2.05, 4.69) is 9.97 Å². The molecule has 0 aliphatic carbocycles. The van der Waals surface area contributed by atoms with E-state index < -0.39 is 53.3 Å². The van der Waals surface area contributed by atoms with Gasteiger partial charge in [0.1, 0.15) is 6.10 Å². The topological polar surface area (TPSA) is 128 Å². The van der Waals surface area contributed by atoms with Crippen molar-refractivity contribution < 1.29 is 47.2 Å². The molecule has 4 rings (SSSR count). The Morgan fingerprint density at radius 1 is 0.889 bits per heavy atom. The highest BCUT2D eigenvalue weighted by Crippen LogP contribution is 2.41. The Hall–Kier alpha value is -4.81. The van der Waals surface area contributed by atoms with E-state index in [0.29, 0.717) is 12.5 Å². The van der Waals surface area contributed by atoms with Crippen molar-refractivity contribution >= 4 is 11.8 Å². The smallest absolute Gasteiger partial charge is 0.433 e. The minimum atomic E-state index is -4.92. The maximum atomic E-state index is 13.8. The van der Waals surface area contributed by atoms with Crippen LogP contribution in [-0.2, 0) is 27.7 Å². The summed E-state index contributed by atoms with van der Waals surface area (Å²) in [6.07, 6.45) is -7.78. The molecule has 45 heavy (non-hydrogen) atoms. The number of alkyl halides is 3. The lowest BCUT2D eigenvalue weighted by atomic mass is 9.80. The predicted octanol–water partition coefficient (Wildman–Crippen LogP) is 5.49. The Morgan fingerprint density at radius 2 is 1.47 bits per heavy atom. The van der Waals surface area contributed by atoms with Gasteiger partial charge in [-0.15, -0.1) is 0 Å². The second-order valence-electron chi connectivity index (χ2n) is 9.93. The van der Waals surface area contributed by atoms with Crippen molar-refractivity contribution in [3.05, 3.63) is 119 Å². The van der Waals surface area contributed by atoms with Crippen LogP contribution in [0.5, 0.6) is 11.9 Å². The number of ketones is 1. The van der Waals surface area contributed by atoms with E-state index in [1.54, 1.807) is 91.9 Å². The molecule has 3 aromatic carbocycles. The molecule has 0 bridgehead atoms. The summed E-state index contributed by atoms with van der Waals surface area (Å²) in [5.41, 5.74) is -1.95. The number of benzene rings is 3. The van der Waals surface area contributed by atoms with E-state index in [1.165, 1.54) is 0 Å². The van der Waals surface area contributed by atoms with Gasteiger partial charge in [0.15, 0.2) is 17.1 Å². The molecule has 1 heterocycles. The standard InChI is InChI=1S/C33H31F3N2O7/c1-3-25(28(40)22-16-14-21(15-17-22)18-19-39)45-32(23-10-6-4-7-11-23,24-12-8-5-9-13-24)29(30(41)42)44-31-37-26(33(34,35)36)20-27(38-31)43-2/h4-17,20,25,29,39H,3,18-19H2,1-2H3,(H,41,42). The maximum absolute atomic E-state index is 13.8. The molecule has 2 atom stereocenters. The van der Waals surface area contributed by atoms with Gasteiger partial charge >= 0.3 is 18.2 Å². The summed E-state index contributed by atoms with van der Waals surface area (Å²) >= 11 is 0. The molecule has 12 heteroatoms. The van der Waals surface area contributed by atoms with Crippen LogP contribution < -0.4 is 9.47 Å². The number of aliphatic hydroxyl groups excluding tert-OH is 1. The molecule has 2 unspecified atom stereocenters. The van der Waals surface area contributed by atoms with Crippen LogP contribution in [0.4, 0.5) is 13.2 Å². The van der Waals surface area contributed by atoms with E-state index in [-0.39, 0.29) is 29.7 Å². The lowest BCUT2D eigenvalue weighted by Gasteiger charge is -2.41. The van der Waals surface area contributed by atoms with Gasteiger partial charge in [-0.05, 0) is 29.5 Å². The van der Waals surface area contributed by atoms with E-state index in [4.69, 9.17) is 14.2 Å². The number of nitrogens with zero attached hydrogens (tertiary/aromatic N) is 2. The molecule has 4 aromatic rings. The fourth-order valence-corrected chi connectivity index (χ4v) is 4.86. The van der Waals surface area contributed by atoms with Crippen molar-refractivity contribution in [1.82, 2.24) is 9.97 Å².